The van der Waals surface area contributed by atoms with Crippen LogP contribution in [-0.4, -0.2) is 24.1 Å². The van der Waals surface area contributed by atoms with Crippen LogP contribution in [0.2, 0.25) is 12.6 Å². The van der Waals surface area contributed by atoms with Crippen LogP contribution in [0.1, 0.15) is 19.3 Å². The van der Waals surface area contributed by atoms with Gasteiger partial charge in [0.05, 0.1) is 0 Å². The second kappa shape index (κ2) is 4.70. The molecule has 3 heteroatoms. The summed E-state index contributed by atoms with van der Waals surface area (Å²) in [7, 11) is 2.05. The molecule has 1 saturated carbocycles. The molecule has 2 atom stereocenters. The van der Waals surface area contributed by atoms with Crippen molar-refractivity contribution < 1.29 is 0 Å². The van der Waals surface area contributed by atoms with Crippen molar-refractivity contribution in [1.29, 1.82) is 0 Å². The molecule has 0 aromatic heterocycles. The highest BCUT2D eigenvalue weighted by atomic mass is 127. The van der Waals surface area contributed by atoms with Crippen LogP contribution in [0, 0.1) is 0 Å². The van der Waals surface area contributed by atoms with Crippen molar-refractivity contribution >= 4 is 29.3 Å². The van der Waals surface area contributed by atoms with Crippen LogP contribution >= 0.6 is 22.6 Å². The van der Waals surface area contributed by atoms with Gasteiger partial charge >= 0.3 is 0 Å². The molecule has 0 saturated heterocycles. The lowest BCUT2D eigenvalue weighted by atomic mass is 9.42. The van der Waals surface area contributed by atoms with Gasteiger partial charge in [-0.05, 0) is 25.7 Å². The molecular formula is C8H17BIN. The van der Waals surface area contributed by atoms with Crippen molar-refractivity contribution in [3.63, 3.8) is 0 Å². The Kier molecular flexibility index (Phi) is 4.21. The molecule has 0 aromatic rings. The van der Waals surface area contributed by atoms with Gasteiger partial charge in [0.25, 0.3) is 0 Å². The predicted molar refractivity (Wildman–Crippen MR) is 61.0 cm³/mol. The van der Waals surface area contributed by atoms with Crippen molar-refractivity contribution in [2.24, 2.45) is 0 Å². The Morgan fingerprint density at radius 3 is 2.73 bits per heavy atom. The van der Waals surface area contributed by atoms with Crippen LogP contribution in [0.5, 0.6) is 0 Å². The fraction of sp³-hybridized carbons (Fsp3) is 1.00. The van der Waals surface area contributed by atoms with Gasteiger partial charge in [-0.1, -0.05) is 42.3 Å². The maximum absolute atomic E-state index is 3.26. The summed E-state index contributed by atoms with van der Waals surface area (Å²) in [5.74, 6) is 0.975. The minimum absolute atomic E-state index is 0.865. The summed E-state index contributed by atoms with van der Waals surface area (Å²) in [5.41, 5.74) is 0. The fourth-order valence-electron chi connectivity index (χ4n) is 2.06. The van der Waals surface area contributed by atoms with E-state index in [1.165, 1.54) is 25.7 Å². The van der Waals surface area contributed by atoms with Crippen molar-refractivity contribution in [2.75, 3.05) is 13.5 Å². The van der Waals surface area contributed by atoms with E-state index in [4.69, 9.17) is 0 Å². The molecule has 0 heterocycles. The lowest BCUT2D eigenvalue weighted by Gasteiger charge is -2.18. The fourth-order valence-corrected chi connectivity index (χ4v) is 3.57. The van der Waals surface area contributed by atoms with Gasteiger partial charge in [0.2, 0.25) is 0 Å². The van der Waals surface area contributed by atoms with Gasteiger partial charge in [-0.15, -0.1) is 0 Å². The van der Waals surface area contributed by atoms with E-state index in [1.807, 2.05) is 7.05 Å². The Bertz CT molecular complexity index is 121. The van der Waals surface area contributed by atoms with Crippen LogP contribution in [0.4, 0.5) is 0 Å². The third kappa shape index (κ3) is 2.62. The Balaban J connectivity index is 2.33. The van der Waals surface area contributed by atoms with Gasteiger partial charge in [-0.2, -0.15) is 0 Å². The van der Waals surface area contributed by atoms with E-state index >= 15 is 0 Å². The first-order valence-corrected chi connectivity index (χ1v) is 5.79. The van der Waals surface area contributed by atoms with Crippen molar-refractivity contribution in [2.45, 2.75) is 35.8 Å². The first kappa shape index (κ1) is 9.84. The standard InChI is InChI=1S/C8H17BIN/c1-9(6-11-2)7-4-3-5-8(7)10/h7-8,11H,3-6H2,1-2H3. The number of nitrogens with one attached hydrogen (secondary N) is 1. The SMILES string of the molecule is CNCB(C)C1CCCC1I. The van der Waals surface area contributed by atoms with Gasteiger partial charge in [0, 0.05) is 3.92 Å². The minimum Gasteiger partial charge on any atom is -0.327 e. The molecule has 0 radical (unpaired) electrons. The Hall–Kier alpha value is 0.755. The van der Waals surface area contributed by atoms with E-state index in [0.717, 1.165) is 16.5 Å². The van der Waals surface area contributed by atoms with Crippen LogP contribution < -0.4 is 5.32 Å². The Morgan fingerprint density at radius 1 is 1.55 bits per heavy atom. The second-order valence-electron chi connectivity index (χ2n) is 3.65. The molecule has 1 fully saturated rings. The summed E-state index contributed by atoms with van der Waals surface area (Å²) < 4.78 is 0.941. The summed E-state index contributed by atoms with van der Waals surface area (Å²) in [4.78, 5) is 0. The van der Waals surface area contributed by atoms with Gasteiger partial charge in [-0.25, -0.2) is 0 Å². The zero-order valence-electron chi connectivity index (χ0n) is 7.44. The van der Waals surface area contributed by atoms with E-state index in [1.54, 1.807) is 0 Å². The lowest BCUT2D eigenvalue weighted by Crippen LogP contribution is -2.31. The number of halogens is 1. The van der Waals surface area contributed by atoms with Crippen molar-refractivity contribution in [3.8, 4) is 0 Å². The van der Waals surface area contributed by atoms with Crippen LogP contribution in [0.25, 0.3) is 0 Å². The number of hydrogen-bond donors (Lipinski definition) is 1. The molecule has 0 aromatic carbocycles. The molecule has 1 aliphatic rings. The molecule has 11 heavy (non-hydrogen) atoms. The first-order chi connectivity index (χ1) is 5.25. The van der Waals surface area contributed by atoms with E-state index in [0.29, 0.717) is 0 Å². The topological polar surface area (TPSA) is 12.0 Å². The number of hydrogen-bond acceptors (Lipinski definition) is 1. The van der Waals surface area contributed by atoms with Crippen molar-refractivity contribution in [1.82, 2.24) is 5.32 Å². The number of alkyl halides is 1. The third-order valence-corrected chi connectivity index (χ3v) is 4.29. The Labute approximate surface area is 83.9 Å². The first-order valence-electron chi connectivity index (χ1n) is 4.54. The molecule has 2 unspecified atom stereocenters. The summed E-state index contributed by atoms with van der Waals surface area (Å²) in [6.07, 6.45) is 5.53. The summed E-state index contributed by atoms with van der Waals surface area (Å²) in [6, 6.07) is 0. The number of rotatable bonds is 3. The molecule has 0 amide bonds. The smallest absolute Gasteiger partial charge is 0.157 e. The molecule has 0 spiro atoms. The quantitative estimate of drug-likeness (QED) is 0.468. The molecule has 1 nitrogen and oxygen atoms in total. The largest absolute Gasteiger partial charge is 0.327 e. The highest BCUT2D eigenvalue weighted by molar-refractivity contribution is 14.1. The maximum atomic E-state index is 3.26. The zero-order valence-corrected chi connectivity index (χ0v) is 9.60. The van der Waals surface area contributed by atoms with Gasteiger partial charge in [0.15, 0.2) is 6.71 Å². The molecule has 0 bridgehead atoms. The molecule has 0 aliphatic heterocycles. The maximum Gasteiger partial charge on any atom is 0.157 e. The predicted octanol–water partition coefficient (Wildman–Crippen LogP) is 2.23. The summed E-state index contributed by atoms with van der Waals surface area (Å²) in [6.45, 7) is 3.24. The van der Waals surface area contributed by atoms with E-state index in [-0.39, 0.29) is 0 Å². The normalized spacial score (nSPS) is 30.8. The zero-order chi connectivity index (χ0) is 8.27. The van der Waals surface area contributed by atoms with Crippen LogP contribution in [0.15, 0.2) is 0 Å². The molecular weight excluding hydrogens is 248 g/mol. The van der Waals surface area contributed by atoms with E-state index in [9.17, 15) is 0 Å². The molecule has 1 N–H and O–H groups in total. The lowest BCUT2D eigenvalue weighted by molar-refractivity contribution is 0.845. The van der Waals surface area contributed by atoms with Crippen molar-refractivity contribution in [3.05, 3.63) is 0 Å². The molecule has 1 rings (SSSR count). The van der Waals surface area contributed by atoms with E-state index in [2.05, 4.69) is 34.7 Å². The van der Waals surface area contributed by atoms with E-state index < -0.39 is 0 Å². The second-order valence-corrected chi connectivity index (χ2v) is 5.25. The Morgan fingerprint density at radius 2 is 2.27 bits per heavy atom. The highest BCUT2D eigenvalue weighted by Gasteiger charge is 2.30. The third-order valence-electron chi connectivity index (χ3n) is 2.74. The monoisotopic (exact) mass is 265 g/mol. The molecule has 1 aliphatic carbocycles. The average Bonchev–Trinajstić information content (AvgIpc) is 2.36. The van der Waals surface area contributed by atoms with Gasteiger partial charge in [-0.3, -0.25) is 0 Å². The summed E-state index contributed by atoms with van der Waals surface area (Å²) >= 11 is 2.62. The summed E-state index contributed by atoms with van der Waals surface area (Å²) in [5, 5.41) is 3.26. The highest BCUT2D eigenvalue weighted by Crippen LogP contribution is 2.38. The molecule has 64 valence electrons. The average molecular weight is 265 g/mol. The van der Waals surface area contributed by atoms with Gasteiger partial charge < -0.3 is 5.32 Å². The van der Waals surface area contributed by atoms with Gasteiger partial charge in [0.1, 0.15) is 0 Å². The minimum atomic E-state index is 0.865. The van der Waals surface area contributed by atoms with Crippen LogP contribution in [0.3, 0.4) is 0 Å². The van der Waals surface area contributed by atoms with Crippen LogP contribution in [-0.2, 0) is 0 Å².